The number of aliphatic carboxylic acids is 1. The predicted octanol–water partition coefficient (Wildman–Crippen LogP) is -0.434. The average molecular weight is 346 g/mol. The van der Waals surface area contributed by atoms with Crippen molar-refractivity contribution in [3.8, 4) is 0 Å². The largest absolute Gasteiger partial charge is 0.480 e. The van der Waals surface area contributed by atoms with Crippen LogP contribution in [0.15, 0.2) is 0 Å². The first kappa shape index (κ1) is 21.8. The maximum atomic E-state index is 11.8. The standard InChI is InChI=1S/C15H26N2O7/c1-3-5-10(24-14(21)6-4-2)7-12(19)16-8-13(20)17-11(9-18)15(22)23/h10-11,18H,3-9H2,1-2H3,(H,16,19)(H,17,20)(H,22,23)/t10?,11-/m0/s1. The second-order valence-electron chi connectivity index (χ2n) is 5.27. The van der Waals surface area contributed by atoms with Gasteiger partial charge in [-0.15, -0.1) is 0 Å². The molecule has 0 aromatic carbocycles. The highest BCUT2D eigenvalue weighted by Crippen LogP contribution is 2.09. The summed E-state index contributed by atoms with van der Waals surface area (Å²) in [7, 11) is 0. The van der Waals surface area contributed by atoms with E-state index in [-0.39, 0.29) is 18.8 Å². The summed E-state index contributed by atoms with van der Waals surface area (Å²) in [6.07, 6.45) is 1.57. The Hall–Kier alpha value is -2.16. The molecule has 0 radical (unpaired) electrons. The molecule has 0 bridgehead atoms. The van der Waals surface area contributed by atoms with Crippen LogP contribution in [0, 0.1) is 0 Å². The molecule has 9 heteroatoms. The van der Waals surface area contributed by atoms with Crippen LogP contribution in [0.2, 0.25) is 0 Å². The number of amides is 2. The second kappa shape index (κ2) is 12.3. The lowest BCUT2D eigenvalue weighted by atomic mass is 10.1. The van der Waals surface area contributed by atoms with E-state index in [2.05, 4.69) is 10.6 Å². The van der Waals surface area contributed by atoms with Gasteiger partial charge in [0.05, 0.1) is 19.6 Å². The van der Waals surface area contributed by atoms with Crippen molar-refractivity contribution < 1.29 is 34.1 Å². The summed E-state index contributed by atoms with van der Waals surface area (Å²) in [5, 5.41) is 21.9. The van der Waals surface area contributed by atoms with E-state index < -0.39 is 43.1 Å². The van der Waals surface area contributed by atoms with Crippen molar-refractivity contribution in [2.45, 2.75) is 58.1 Å². The molecule has 0 saturated heterocycles. The third-order valence-electron chi connectivity index (χ3n) is 3.04. The van der Waals surface area contributed by atoms with Crippen molar-refractivity contribution in [2.24, 2.45) is 0 Å². The maximum absolute atomic E-state index is 11.8. The Morgan fingerprint density at radius 3 is 2.25 bits per heavy atom. The van der Waals surface area contributed by atoms with Crippen molar-refractivity contribution in [1.29, 1.82) is 0 Å². The summed E-state index contributed by atoms with van der Waals surface area (Å²) in [6.45, 7) is 2.57. The van der Waals surface area contributed by atoms with Crippen molar-refractivity contribution >= 4 is 23.8 Å². The van der Waals surface area contributed by atoms with Gasteiger partial charge in [-0.3, -0.25) is 14.4 Å². The van der Waals surface area contributed by atoms with Gasteiger partial charge in [-0.25, -0.2) is 4.79 Å². The SMILES string of the molecule is CCCC(=O)OC(CCC)CC(=O)NCC(=O)N[C@@H](CO)C(=O)O. The van der Waals surface area contributed by atoms with E-state index in [0.29, 0.717) is 12.8 Å². The third kappa shape index (κ3) is 9.78. The van der Waals surface area contributed by atoms with E-state index in [9.17, 15) is 19.2 Å². The fraction of sp³-hybridized carbons (Fsp3) is 0.733. The predicted molar refractivity (Wildman–Crippen MR) is 84.0 cm³/mol. The van der Waals surface area contributed by atoms with Gasteiger partial charge in [0.2, 0.25) is 11.8 Å². The van der Waals surface area contributed by atoms with Gasteiger partial charge in [0.25, 0.3) is 0 Å². The molecule has 24 heavy (non-hydrogen) atoms. The molecular formula is C15H26N2O7. The number of nitrogens with one attached hydrogen (secondary N) is 2. The molecule has 0 spiro atoms. The Balaban J connectivity index is 4.30. The summed E-state index contributed by atoms with van der Waals surface area (Å²) < 4.78 is 5.21. The first-order valence-corrected chi connectivity index (χ1v) is 7.93. The van der Waals surface area contributed by atoms with E-state index in [1.54, 1.807) is 0 Å². The Kier molecular flexibility index (Phi) is 11.2. The van der Waals surface area contributed by atoms with E-state index in [4.69, 9.17) is 14.9 Å². The van der Waals surface area contributed by atoms with Gasteiger partial charge in [-0.05, 0) is 12.8 Å². The van der Waals surface area contributed by atoms with E-state index in [1.165, 1.54) is 0 Å². The highest BCUT2D eigenvalue weighted by Gasteiger charge is 2.20. The fourth-order valence-electron chi connectivity index (χ4n) is 1.86. The number of hydrogen-bond acceptors (Lipinski definition) is 6. The fourth-order valence-corrected chi connectivity index (χ4v) is 1.86. The van der Waals surface area contributed by atoms with E-state index >= 15 is 0 Å². The summed E-state index contributed by atoms with van der Waals surface area (Å²) in [5.74, 6) is -2.96. The smallest absolute Gasteiger partial charge is 0.328 e. The molecule has 138 valence electrons. The zero-order valence-electron chi connectivity index (χ0n) is 14.0. The number of aliphatic hydroxyl groups is 1. The first-order valence-electron chi connectivity index (χ1n) is 7.93. The minimum Gasteiger partial charge on any atom is -0.480 e. The van der Waals surface area contributed by atoms with Crippen molar-refractivity contribution in [3.05, 3.63) is 0 Å². The lowest BCUT2D eigenvalue weighted by molar-refractivity contribution is -0.151. The summed E-state index contributed by atoms with van der Waals surface area (Å²) in [5.41, 5.74) is 0. The van der Waals surface area contributed by atoms with Crippen LogP contribution in [0.3, 0.4) is 0 Å². The van der Waals surface area contributed by atoms with Crippen LogP contribution >= 0.6 is 0 Å². The summed E-state index contributed by atoms with van der Waals surface area (Å²) in [4.78, 5) is 45.5. The van der Waals surface area contributed by atoms with Crippen molar-refractivity contribution in [2.75, 3.05) is 13.2 Å². The minimum atomic E-state index is -1.42. The molecule has 0 aliphatic carbocycles. The van der Waals surface area contributed by atoms with Crippen molar-refractivity contribution in [3.63, 3.8) is 0 Å². The molecule has 0 heterocycles. The Morgan fingerprint density at radius 1 is 1.08 bits per heavy atom. The molecule has 0 aromatic rings. The summed E-state index contributed by atoms with van der Waals surface area (Å²) in [6, 6.07) is -1.42. The number of rotatable bonds is 12. The van der Waals surface area contributed by atoms with Gasteiger partial charge >= 0.3 is 11.9 Å². The number of aliphatic hydroxyl groups excluding tert-OH is 1. The minimum absolute atomic E-state index is 0.0705. The monoisotopic (exact) mass is 346 g/mol. The molecule has 2 atom stereocenters. The molecule has 0 rings (SSSR count). The van der Waals surface area contributed by atoms with Crippen LogP contribution in [-0.4, -0.2) is 59.3 Å². The molecule has 0 aliphatic rings. The number of carboxylic acid groups (broad SMARTS) is 1. The van der Waals surface area contributed by atoms with Crippen LogP contribution in [0.25, 0.3) is 0 Å². The number of ether oxygens (including phenoxy) is 1. The molecule has 1 unspecified atom stereocenters. The number of carboxylic acids is 1. The molecule has 2 amide bonds. The Bertz CT molecular complexity index is 440. The van der Waals surface area contributed by atoms with Gasteiger partial charge in [0.15, 0.2) is 0 Å². The lowest BCUT2D eigenvalue weighted by Gasteiger charge is -2.17. The number of esters is 1. The highest BCUT2D eigenvalue weighted by atomic mass is 16.5. The zero-order valence-corrected chi connectivity index (χ0v) is 14.0. The molecule has 0 fully saturated rings. The topological polar surface area (TPSA) is 142 Å². The molecular weight excluding hydrogens is 320 g/mol. The highest BCUT2D eigenvalue weighted by molar-refractivity contribution is 5.88. The third-order valence-corrected chi connectivity index (χ3v) is 3.04. The lowest BCUT2D eigenvalue weighted by Crippen LogP contribution is -2.47. The molecule has 0 aromatic heterocycles. The van der Waals surface area contributed by atoms with Gasteiger partial charge < -0.3 is 25.6 Å². The molecule has 0 saturated carbocycles. The maximum Gasteiger partial charge on any atom is 0.328 e. The van der Waals surface area contributed by atoms with Crippen LogP contribution in [0.5, 0.6) is 0 Å². The van der Waals surface area contributed by atoms with Crippen molar-refractivity contribution in [1.82, 2.24) is 10.6 Å². The van der Waals surface area contributed by atoms with Crippen LogP contribution in [0.4, 0.5) is 0 Å². The molecule has 0 aliphatic heterocycles. The molecule has 4 N–H and O–H groups in total. The average Bonchev–Trinajstić information content (AvgIpc) is 2.50. The molecule has 9 nitrogen and oxygen atoms in total. The van der Waals surface area contributed by atoms with E-state index in [0.717, 1.165) is 6.42 Å². The summed E-state index contributed by atoms with van der Waals surface area (Å²) >= 11 is 0. The van der Waals surface area contributed by atoms with Gasteiger partial charge in [0, 0.05) is 6.42 Å². The number of hydrogen-bond donors (Lipinski definition) is 4. The number of carbonyl (C=O) groups excluding carboxylic acids is 3. The first-order chi connectivity index (χ1) is 11.3. The van der Waals surface area contributed by atoms with Gasteiger partial charge in [-0.2, -0.15) is 0 Å². The Labute approximate surface area is 140 Å². The van der Waals surface area contributed by atoms with Gasteiger partial charge in [0.1, 0.15) is 12.1 Å². The van der Waals surface area contributed by atoms with Crippen LogP contribution in [0.1, 0.15) is 46.0 Å². The zero-order chi connectivity index (χ0) is 18.5. The quantitative estimate of drug-likeness (QED) is 0.351. The van der Waals surface area contributed by atoms with Crippen LogP contribution in [-0.2, 0) is 23.9 Å². The number of carbonyl (C=O) groups is 4. The van der Waals surface area contributed by atoms with Crippen LogP contribution < -0.4 is 10.6 Å². The normalized spacial score (nSPS) is 12.8. The Morgan fingerprint density at radius 2 is 1.75 bits per heavy atom. The van der Waals surface area contributed by atoms with Gasteiger partial charge in [-0.1, -0.05) is 20.3 Å². The second-order valence-corrected chi connectivity index (χ2v) is 5.27. The van der Waals surface area contributed by atoms with E-state index in [1.807, 2.05) is 13.8 Å².